The van der Waals surface area contributed by atoms with Gasteiger partial charge < -0.3 is 14.6 Å². The molecular formula is C20H21N7O2. The molecular weight excluding hydrogens is 370 g/mol. The minimum atomic E-state index is 0.0174. The van der Waals surface area contributed by atoms with Crippen molar-refractivity contribution in [2.24, 2.45) is 5.92 Å². The normalized spacial score (nSPS) is 17.1. The highest BCUT2D eigenvalue weighted by atomic mass is 16.4. The van der Waals surface area contributed by atoms with E-state index in [1.165, 1.54) is 0 Å². The van der Waals surface area contributed by atoms with Gasteiger partial charge in [-0.05, 0) is 43.0 Å². The van der Waals surface area contributed by atoms with E-state index in [1.807, 2.05) is 40.9 Å². The second kappa shape index (κ2) is 7.50. The van der Waals surface area contributed by atoms with Crippen LogP contribution in [-0.2, 0) is 11.3 Å². The van der Waals surface area contributed by atoms with Gasteiger partial charge in [-0.1, -0.05) is 6.07 Å². The Kier molecular flexibility index (Phi) is 4.55. The zero-order valence-electron chi connectivity index (χ0n) is 15.9. The molecule has 0 aromatic carbocycles. The summed E-state index contributed by atoms with van der Waals surface area (Å²) in [5.74, 6) is 0.990. The van der Waals surface area contributed by atoms with Crippen LogP contribution in [0.25, 0.3) is 16.9 Å². The molecule has 148 valence electrons. The Labute approximate surface area is 166 Å². The number of carbonyl (C=O) groups is 1. The van der Waals surface area contributed by atoms with Crippen LogP contribution in [0, 0.1) is 5.92 Å². The van der Waals surface area contributed by atoms with Crippen LogP contribution in [-0.4, -0.2) is 43.6 Å². The minimum Gasteiger partial charge on any atom is -0.422 e. The van der Waals surface area contributed by atoms with E-state index in [1.54, 1.807) is 6.20 Å². The first-order chi connectivity index (χ1) is 14.3. The van der Waals surface area contributed by atoms with E-state index in [0.717, 1.165) is 37.4 Å². The molecule has 1 unspecified atom stereocenters. The number of nitrogens with one attached hydrogen (secondary N) is 1. The molecule has 1 fully saturated rings. The zero-order chi connectivity index (χ0) is 19.6. The number of carbonyl (C=O) groups excluding carboxylic acids is 1. The third-order valence-electron chi connectivity index (χ3n) is 5.25. The Morgan fingerprint density at radius 2 is 2.21 bits per heavy atom. The molecule has 4 aromatic heterocycles. The molecule has 1 amide bonds. The molecule has 0 aliphatic carbocycles. The smallest absolute Gasteiger partial charge is 0.299 e. The van der Waals surface area contributed by atoms with E-state index < -0.39 is 0 Å². The van der Waals surface area contributed by atoms with Gasteiger partial charge in [0.05, 0.1) is 6.54 Å². The largest absolute Gasteiger partial charge is 0.422 e. The molecule has 0 radical (unpaired) electrons. The Hall–Kier alpha value is -3.49. The van der Waals surface area contributed by atoms with Crippen molar-refractivity contribution in [2.75, 3.05) is 18.0 Å². The summed E-state index contributed by atoms with van der Waals surface area (Å²) < 4.78 is 7.71. The number of fused-ring (bicyclic) bond motifs is 2. The standard InChI is InChI=1S/C20H21N7O2/c28-18(22-12-17-25-24-16-7-1-2-10-27(16)17)11-14-5-4-9-26(13-14)20-23-19-15(29-20)6-3-8-21-19/h1-3,6-8,10,14H,4-5,9,11-13H2,(H,22,28). The fraction of sp³-hybridized carbons (Fsp3) is 0.350. The van der Waals surface area contributed by atoms with Gasteiger partial charge in [-0.2, -0.15) is 4.98 Å². The summed E-state index contributed by atoms with van der Waals surface area (Å²) in [4.78, 5) is 23.3. The molecule has 5 heterocycles. The minimum absolute atomic E-state index is 0.0174. The lowest BCUT2D eigenvalue weighted by Crippen LogP contribution is -2.38. The summed E-state index contributed by atoms with van der Waals surface area (Å²) in [6, 6.07) is 9.99. The van der Waals surface area contributed by atoms with Crippen LogP contribution in [0.2, 0.25) is 0 Å². The van der Waals surface area contributed by atoms with Crippen molar-refractivity contribution in [1.29, 1.82) is 0 Å². The van der Waals surface area contributed by atoms with Gasteiger partial charge in [-0.25, -0.2) is 4.98 Å². The molecule has 4 aromatic rings. The van der Waals surface area contributed by atoms with Crippen molar-refractivity contribution in [3.8, 4) is 0 Å². The summed E-state index contributed by atoms with van der Waals surface area (Å²) in [5.41, 5.74) is 2.07. The van der Waals surface area contributed by atoms with Crippen LogP contribution < -0.4 is 10.2 Å². The fourth-order valence-corrected chi connectivity index (χ4v) is 3.82. The van der Waals surface area contributed by atoms with E-state index in [0.29, 0.717) is 30.2 Å². The molecule has 0 saturated carbocycles. The summed E-state index contributed by atoms with van der Waals surface area (Å²) >= 11 is 0. The Morgan fingerprint density at radius 1 is 1.24 bits per heavy atom. The third-order valence-corrected chi connectivity index (χ3v) is 5.25. The molecule has 9 heteroatoms. The third kappa shape index (κ3) is 3.63. The number of oxazole rings is 1. The van der Waals surface area contributed by atoms with Crippen molar-refractivity contribution in [1.82, 2.24) is 29.9 Å². The van der Waals surface area contributed by atoms with Gasteiger partial charge in [0.2, 0.25) is 11.6 Å². The number of aromatic nitrogens is 5. The van der Waals surface area contributed by atoms with Crippen LogP contribution in [0.4, 0.5) is 6.01 Å². The average Bonchev–Trinajstić information content (AvgIpc) is 3.37. The molecule has 1 aliphatic heterocycles. The highest BCUT2D eigenvalue weighted by Crippen LogP contribution is 2.26. The van der Waals surface area contributed by atoms with Crippen molar-refractivity contribution in [2.45, 2.75) is 25.8 Å². The molecule has 1 aliphatic rings. The second-order valence-electron chi connectivity index (χ2n) is 7.30. The first-order valence-electron chi connectivity index (χ1n) is 9.78. The predicted octanol–water partition coefficient (Wildman–Crippen LogP) is 2.19. The van der Waals surface area contributed by atoms with Crippen LogP contribution in [0.15, 0.2) is 47.1 Å². The van der Waals surface area contributed by atoms with Crippen molar-refractivity contribution in [3.63, 3.8) is 0 Å². The highest BCUT2D eigenvalue weighted by Gasteiger charge is 2.25. The summed E-state index contributed by atoms with van der Waals surface area (Å²) in [5, 5.41) is 11.2. The van der Waals surface area contributed by atoms with Crippen molar-refractivity contribution < 1.29 is 9.21 Å². The maximum Gasteiger partial charge on any atom is 0.299 e. The zero-order valence-corrected chi connectivity index (χ0v) is 15.9. The maximum absolute atomic E-state index is 12.5. The number of piperidine rings is 1. The predicted molar refractivity (Wildman–Crippen MR) is 106 cm³/mol. The highest BCUT2D eigenvalue weighted by molar-refractivity contribution is 5.76. The van der Waals surface area contributed by atoms with Gasteiger partial charge in [-0.15, -0.1) is 10.2 Å². The van der Waals surface area contributed by atoms with Gasteiger partial charge in [-0.3, -0.25) is 9.20 Å². The fourth-order valence-electron chi connectivity index (χ4n) is 3.82. The van der Waals surface area contributed by atoms with Crippen LogP contribution in [0.5, 0.6) is 0 Å². The van der Waals surface area contributed by atoms with Gasteiger partial charge in [0.1, 0.15) is 0 Å². The molecule has 5 rings (SSSR count). The topological polar surface area (TPSA) is 101 Å². The SMILES string of the molecule is O=C(CC1CCCN(c2nc3ncccc3o2)C1)NCc1nnc2ccccn12. The van der Waals surface area contributed by atoms with Gasteiger partial charge in [0.25, 0.3) is 6.01 Å². The van der Waals surface area contributed by atoms with Crippen LogP contribution in [0.1, 0.15) is 25.1 Å². The van der Waals surface area contributed by atoms with E-state index in [9.17, 15) is 4.79 Å². The summed E-state index contributed by atoms with van der Waals surface area (Å²) in [6.45, 7) is 1.97. The van der Waals surface area contributed by atoms with E-state index in [2.05, 4.69) is 30.4 Å². The molecule has 0 bridgehead atoms. The monoisotopic (exact) mass is 391 g/mol. The molecule has 0 spiro atoms. The Morgan fingerprint density at radius 3 is 3.14 bits per heavy atom. The van der Waals surface area contributed by atoms with Crippen LogP contribution in [0.3, 0.4) is 0 Å². The second-order valence-corrected chi connectivity index (χ2v) is 7.30. The van der Waals surface area contributed by atoms with Crippen LogP contribution >= 0.6 is 0 Å². The number of pyridine rings is 2. The average molecular weight is 391 g/mol. The first kappa shape index (κ1) is 17.6. The summed E-state index contributed by atoms with van der Waals surface area (Å²) in [6.07, 6.45) is 6.07. The number of hydrogen-bond donors (Lipinski definition) is 1. The summed E-state index contributed by atoms with van der Waals surface area (Å²) in [7, 11) is 0. The number of anilines is 1. The first-order valence-corrected chi connectivity index (χ1v) is 9.78. The molecule has 1 saturated heterocycles. The van der Waals surface area contributed by atoms with E-state index in [-0.39, 0.29) is 11.8 Å². The van der Waals surface area contributed by atoms with E-state index in [4.69, 9.17) is 4.42 Å². The number of nitrogens with zero attached hydrogens (tertiary/aromatic N) is 6. The number of rotatable bonds is 5. The Balaban J connectivity index is 1.19. The lowest BCUT2D eigenvalue weighted by atomic mass is 9.94. The van der Waals surface area contributed by atoms with Gasteiger partial charge in [0, 0.05) is 31.9 Å². The lowest BCUT2D eigenvalue weighted by molar-refractivity contribution is -0.122. The molecule has 1 atom stereocenters. The Bertz CT molecular complexity index is 1120. The molecule has 29 heavy (non-hydrogen) atoms. The van der Waals surface area contributed by atoms with Gasteiger partial charge >= 0.3 is 0 Å². The lowest BCUT2D eigenvalue weighted by Gasteiger charge is -2.31. The van der Waals surface area contributed by atoms with Crippen molar-refractivity contribution >= 4 is 28.8 Å². The van der Waals surface area contributed by atoms with E-state index >= 15 is 0 Å². The number of amides is 1. The van der Waals surface area contributed by atoms with Gasteiger partial charge in [0.15, 0.2) is 17.1 Å². The quantitative estimate of drug-likeness (QED) is 0.556. The maximum atomic E-state index is 12.5. The molecule has 1 N–H and O–H groups in total. The molecule has 9 nitrogen and oxygen atoms in total. The number of hydrogen-bond acceptors (Lipinski definition) is 7. The van der Waals surface area contributed by atoms with Crippen molar-refractivity contribution in [3.05, 3.63) is 48.5 Å².